The molecule has 1 aliphatic heterocycles. The number of ketones is 1. The number of rotatable bonds is 1. The Kier molecular flexibility index (Phi) is 2.00. The molecule has 0 saturated heterocycles. The maximum Gasteiger partial charge on any atom is 0.177 e. The summed E-state index contributed by atoms with van der Waals surface area (Å²) in [6.07, 6.45) is 3.86. The van der Waals surface area contributed by atoms with E-state index >= 15 is 0 Å². The highest BCUT2D eigenvalue weighted by atomic mass is 16.1. The summed E-state index contributed by atoms with van der Waals surface area (Å²) in [5, 5.41) is 0. The van der Waals surface area contributed by atoms with E-state index in [-0.39, 0.29) is 5.78 Å². The molecule has 0 aromatic heterocycles. The number of hydrogen-bond acceptors (Lipinski definition) is 2. The smallest absolute Gasteiger partial charge is 0.177 e. The molecular formula is C8H11NO. The van der Waals surface area contributed by atoms with Crippen molar-refractivity contribution >= 4 is 11.5 Å². The number of carbonyl (C=O) groups is 1. The zero-order chi connectivity index (χ0) is 7.56. The summed E-state index contributed by atoms with van der Waals surface area (Å²) in [4.78, 5) is 14.9. The van der Waals surface area contributed by atoms with E-state index in [1.54, 1.807) is 6.92 Å². The predicted octanol–water partition coefficient (Wildman–Crippen LogP) is 1.71. The van der Waals surface area contributed by atoms with Crippen LogP contribution in [0.4, 0.5) is 0 Å². The minimum Gasteiger partial charge on any atom is -0.293 e. The van der Waals surface area contributed by atoms with Crippen LogP contribution in [-0.4, -0.2) is 11.5 Å². The summed E-state index contributed by atoms with van der Waals surface area (Å²) in [5.74, 6) is 0.0686. The molecule has 0 aromatic carbocycles. The van der Waals surface area contributed by atoms with Crippen LogP contribution in [0.25, 0.3) is 0 Å². The van der Waals surface area contributed by atoms with E-state index in [0.717, 1.165) is 18.6 Å². The van der Waals surface area contributed by atoms with Crippen molar-refractivity contribution in [2.75, 3.05) is 0 Å². The molecule has 1 aliphatic rings. The summed E-state index contributed by atoms with van der Waals surface area (Å²) in [5.41, 5.74) is 1.69. The summed E-state index contributed by atoms with van der Waals surface area (Å²) < 4.78 is 0. The molecule has 1 rings (SSSR count). The zero-order valence-corrected chi connectivity index (χ0v) is 6.35. The van der Waals surface area contributed by atoms with Crippen molar-refractivity contribution in [3.8, 4) is 0 Å². The lowest BCUT2D eigenvalue weighted by atomic mass is 10.1. The Hall–Kier alpha value is -0.920. The van der Waals surface area contributed by atoms with Crippen LogP contribution >= 0.6 is 0 Å². The molecule has 0 atom stereocenters. The molecular weight excluding hydrogens is 126 g/mol. The Morgan fingerprint density at radius 1 is 1.70 bits per heavy atom. The number of carbonyl (C=O) groups excluding carboxylic acids is 1. The fourth-order valence-electron chi connectivity index (χ4n) is 0.947. The van der Waals surface area contributed by atoms with Crippen molar-refractivity contribution in [2.24, 2.45) is 4.99 Å². The minimum atomic E-state index is 0.0686. The molecule has 0 radical (unpaired) electrons. The van der Waals surface area contributed by atoms with Gasteiger partial charge in [0.15, 0.2) is 5.78 Å². The van der Waals surface area contributed by atoms with Gasteiger partial charge in [-0.15, -0.1) is 0 Å². The van der Waals surface area contributed by atoms with E-state index in [9.17, 15) is 4.79 Å². The first-order chi connectivity index (χ1) is 4.70. The number of allylic oxidation sites excluding steroid dienone is 2. The normalized spacial score (nSPS) is 17.8. The Morgan fingerprint density at radius 2 is 2.40 bits per heavy atom. The van der Waals surface area contributed by atoms with E-state index in [2.05, 4.69) is 4.99 Å². The van der Waals surface area contributed by atoms with Gasteiger partial charge in [-0.1, -0.05) is 6.08 Å². The molecule has 0 aromatic rings. The van der Waals surface area contributed by atoms with Crippen molar-refractivity contribution in [3.05, 3.63) is 11.8 Å². The van der Waals surface area contributed by atoms with Gasteiger partial charge in [-0.05, 0) is 19.8 Å². The average Bonchev–Trinajstić information content (AvgIpc) is 1.88. The standard InChI is InChI=1S/C8H11NO/c1-6-4-3-5-8(9-6)7(2)10/h5H,3-4H2,1-2H3. The van der Waals surface area contributed by atoms with Crippen molar-refractivity contribution in [2.45, 2.75) is 26.7 Å². The molecule has 1 heterocycles. The molecule has 0 aliphatic carbocycles. The fourth-order valence-corrected chi connectivity index (χ4v) is 0.947. The average molecular weight is 137 g/mol. The Balaban J connectivity index is 2.79. The maximum atomic E-state index is 10.8. The van der Waals surface area contributed by atoms with Crippen LogP contribution in [0.15, 0.2) is 16.8 Å². The highest BCUT2D eigenvalue weighted by Crippen LogP contribution is 2.10. The van der Waals surface area contributed by atoms with Crippen LogP contribution in [-0.2, 0) is 4.79 Å². The van der Waals surface area contributed by atoms with Gasteiger partial charge in [-0.3, -0.25) is 9.79 Å². The zero-order valence-electron chi connectivity index (χ0n) is 6.35. The third kappa shape index (κ3) is 1.53. The second-order valence-electron chi connectivity index (χ2n) is 2.53. The van der Waals surface area contributed by atoms with Gasteiger partial charge >= 0.3 is 0 Å². The SMILES string of the molecule is CC(=O)C1=CCCC(C)=N1. The number of Topliss-reactive ketones (excluding diaryl/α,β-unsaturated/α-hetero) is 1. The molecule has 2 nitrogen and oxygen atoms in total. The van der Waals surface area contributed by atoms with Crippen LogP contribution in [0.1, 0.15) is 26.7 Å². The summed E-state index contributed by atoms with van der Waals surface area (Å²) >= 11 is 0. The van der Waals surface area contributed by atoms with Gasteiger partial charge in [0, 0.05) is 12.6 Å². The largest absolute Gasteiger partial charge is 0.293 e. The monoisotopic (exact) mass is 137 g/mol. The highest BCUT2D eigenvalue weighted by Gasteiger charge is 2.06. The molecule has 54 valence electrons. The van der Waals surface area contributed by atoms with Gasteiger partial charge in [0.1, 0.15) is 5.70 Å². The molecule has 0 fully saturated rings. The Bertz CT molecular complexity index is 213. The molecule has 2 heteroatoms. The van der Waals surface area contributed by atoms with Crippen molar-refractivity contribution in [1.29, 1.82) is 0 Å². The molecule has 0 N–H and O–H groups in total. The van der Waals surface area contributed by atoms with Crippen LogP contribution in [0.3, 0.4) is 0 Å². The van der Waals surface area contributed by atoms with Crippen molar-refractivity contribution in [1.82, 2.24) is 0 Å². The number of hydrogen-bond donors (Lipinski definition) is 0. The van der Waals surface area contributed by atoms with Crippen LogP contribution < -0.4 is 0 Å². The Labute approximate surface area is 60.7 Å². The lowest BCUT2D eigenvalue weighted by Crippen LogP contribution is -2.03. The first-order valence-electron chi connectivity index (χ1n) is 3.45. The number of nitrogens with zero attached hydrogens (tertiary/aromatic N) is 1. The summed E-state index contributed by atoms with van der Waals surface area (Å²) in [6.45, 7) is 3.50. The van der Waals surface area contributed by atoms with Crippen molar-refractivity contribution < 1.29 is 4.79 Å². The second kappa shape index (κ2) is 2.78. The van der Waals surface area contributed by atoms with E-state index in [1.165, 1.54) is 0 Å². The third-order valence-electron chi connectivity index (χ3n) is 1.52. The Morgan fingerprint density at radius 3 is 2.80 bits per heavy atom. The topological polar surface area (TPSA) is 29.4 Å². The van der Waals surface area contributed by atoms with Gasteiger partial charge in [0.05, 0.1) is 0 Å². The van der Waals surface area contributed by atoms with Gasteiger partial charge in [0.2, 0.25) is 0 Å². The molecule has 0 bridgehead atoms. The lowest BCUT2D eigenvalue weighted by molar-refractivity contribution is -0.113. The van der Waals surface area contributed by atoms with Gasteiger partial charge in [-0.25, -0.2) is 0 Å². The summed E-state index contributed by atoms with van der Waals surface area (Å²) in [6, 6.07) is 0. The van der Waals surface area contributed by atoms with Crippen molar-refractivity contribution in [3.63, 3.8) is 0 Å². The molecule has 10 heavy (non-hydrogen) atoms. The second-order valence-corrected chi connectivity index (χ2v) is 2.53. The first-order valence-corrected chi connectivity index (χ1v) is 3.45. The predicted molar refractivity (Wildman–Crippen MR) is 41.1 cm³/mol. The molecule has 0 saturated carbocycles. The minimum absolute atomic E-state index is 0.0686. The van der Waals surface area contributed by atoms with Crippen LogP contribution in [0, 0.1) is 0 Å². The van der Waals surface area contributed by atoms with E-state index in [4.69, 9.17) is 0 Å². The van der Waals surface area contributed by atoms with Crippen LogP contribution in [0.2, 0.25) is 0 Å². The molecule has 0 spiro atoms. The third-order valence-corrected chi connectivity index (χ3v) is 1.52. The highest BCUT2D eigenvalue weighted by molar-refractivity contribution is 5.97. The maximum absolute atomic E-state index is 10.8. The lowest BCUT2D eigenvalue weighted by Gasteiger charge is -2.05. The quantitative estimate of drug-likeness (QED) is 0.541. The fraction of sp³-hybridized carbons (Fsp3) is 0.500. The first kappa shape index (κ1) is 7.19. The van der Waals surface area contributed by atoms with Crippen LogP contribution in [0.5, 0.6) is 0 Å². The summed E-state index contributed by atoms with van der Waals surface area (Å²) in [7, 11) is 0. The van der Waals surface area contributed by atoms with Gasteiger partial charge < -0.3 is 0 Å². The van der Waals surface area contributed by atoms with E-state index in [0.29, 0.717) is 5.70 Å². The van der Waals surface area contributed by atoms with Gasteiger partial charge in [-0.2, -0.15) is 0 Å². The van der Waals surface area contributed by atoms with E-state index in [1.807, 2.05) is 13.0 Å². The molecule has 0 unspecified atom stereocenters. The number of aliphatic imine (C=N–C) groups is 1. The van der Waals surface area contributed by atoms with E-state index < -0.39 is 0 Å². The van der Waals surface area contributed by atoms with Gasteiger partial charge in [0.25, 0.3) is 0 Å². The molecule has 0 amide bonds.